The van der Waals surface area contributed by atoms with E-state index in [1.54, 1.807) is 7.11 Å². The first-order valence-corrected chi connectivity index (χ1v) is 7.32. The van der Waals surface area contributed by atoms with E-state index in [4.69, 9.17) is 4.74 Å². The molecule has 0 amide bonds. The minimum atomic E-state index is -0.629. The summed E-state index contributed by atoms with van der Waals surface area (Å²) in [6, 6.07) is 9.92. The molecule has 0 aliphatic heterocycles. The third kappa shape index (κ3) is 2.89. The predicted octanol–water partition coefficient (Wildman–Crippen LogP) is 4.46. The molecule has 0 heterocycles. The Kier molecular flexibility index (Phi) is 4.51. The van der Waals surface area contributed by atoms with Crippen LogP contribution in [0.25, 0.3) is 0 Å². The number of benzene rings is 2. The average Bonchev–Trinajstić information content (AvgIpc) is 2.40. The molecule has 0 aliphatic rings. The summed E-state index contributed by atoms with van der Waals surface area (Å²) < 4.78 is 6.34. The normalized spacial score (nSPS) is 12.3. The molecule has 0 bridgehead atoms. The Hall–Kier alpha value is -1.32. The molecule has 106 valence electrons. The van der Waals surface area contributed by atoms with Gasteiger partial charge >= 0.3 is 0 Å². The maximum atomic E-state index is 10.6. The zero-order valence-electron chi connectivity index (χ0n) is 12.2. The number of aliphatic hydroxyl groups is 1. The number of hydrogen-bond donors (Lipinski definition) is 1. The highest BCUT2D eigenvalue weighted by molar-refractivity contribution is 9.10. The first kappa shape index (κ1) is 15.1. The molecule has 2 aromatic carbocycles. The lowest BCUT2D eigenvalue weighted by atomic mass is 9.94. The van der Waals surface area contributed by atoms with Gasteiger partial charge in [0, 0.05) is 4.47 Å². The lowest BCUT2D eigenvalue weighted by molar-refractivity contribution is 0.219. The smallest absolute Gasteiger partial charge is 0.124 e. The van der Waals surface area contributed by atoms with E-state index in [-0.39, 0.29) is 0 Å². The molecule has 2 rings (SSSR count). The van der Waals surface area contributed by atoms with E-state index in [2.05, 4.69) is 15.9 Å². The summed E-state index contributed by atoms with van der Waals surface area (Å²) in [5.74, 6) is 0.881. The van der Waals surface area contributed by atoms with Crippen molar-refractivity contribution in [2.24, 2.45) is 0 Å². The average molecular weight is 335 g/mol. The number of halogens is 1. The molecule has 0 saturated heterocycles. The fourth-order valence-electron chi connectivity index (χ4n) is 2.55. The van der Waals surface area contributed by atoms with Gasteiger partial charge in [-0.1, -0.05) is 22.0 Å². The number of rotatable bonds is 3. The van der Waals surface area contributed by atoms with Crippen molar-refractivity contribution in [1.29, 1.82) is 0 Å². The number of ether oxygens (including phenoxy) is 1. The molecule has 2 aromatic rings. The van der Waals surface area contributed by atoms with E-state index in [1.165, 1.54) is 0 Å². The zero-order valence-corrected chi connectivity index (χ0v) is 13.8. The molecule has 0 saturated carbocycles. The maximum absolute atomic E-state index is 10.6. The van der Waals surface area contributed by atoms with Crippen LogP contribution in [-0.4, -0.2) is 12.2 Å². The molecular weight excluding hydrogens is 316 g/mol. The van der Waals surface area contributed by atoms with Gasteiger partial charge in [0.25, 0.3) is 0 Å². The highest BCUT2D eigenvalue weighted by Gasteiger charge is 2.16. The second-order valence-corrected chi connectivity index (χ2v) is 6.01. The van der Waals surface area contributed by atoms with Crippen molar-refractivity contribution in [3.8, 4) is 5.75 Å². The molecule has 2 nitrogen and oxygen atoms in total. The summed E-state index contributed by atoms with van der Waals surface area (Å²) in [6.45, 7) is 6.00. The Morgan fingerprint density at radius 2 is 1.60 bits per heavy atom. The second-order valence-electron chi connectivity index (χ2n) is 5.09. The second kappa shape index (κ2) is 5.98. The number of hydrogen-bond acceptors (Lipinski definition) is 2. The van der Waals surface area contributed by atoms with Crippen molar-refractivity contribution in [1.82, 2.24) is 0 Å². The summed E-state index contributed by atoms with van der Waals surface area (Å²) in [7, 11) is 1.67. The first-order valence-electron chi connectivity index (χ1n) is 6.53. The molecule has 0 radical (unpaired) electrons. The Bertz CT molecular complexity index is 612. The quantitative estimate of drug-likeness (QED) is 0.897. The lowest BCUT2D eigenvalue weighted by Crippen LogP contribution is -2.04. The predicted molar refractivity (Wildman–Crippen MR) is 85.4 cm³/mol. The van der Waals surface area contributed by atoms with E-state index in [0.29, 0.717) is 0 Å². The fourth-order valence-corrected chi connectivity index (χ4v) is 2.93. The Balaban J connectivity index is 2.48. The van der Waals surface area contributed by atoms with Crippen LogP contribution >= 0.6 is 15.9 Å². The van der Waals surface area contributed by atoms with Crippen LogP contribution in [0, 0.1) is 20.8 Å². The highest BCUT2D eigenvalue weighted by atomic mass is 79.9. The summed E-state index contributed by atoms with van der Waals surface area (Å²) in [5.41, 5.74) is 4.96. The van der Waals surface area contributed by atoms with Gasteiger partial charge in [-0.05, 0) is 72.9 Å². The van der Waals surface area contributed by atoms with Gasteiger partial charge in [-0.3, -0.25) is 0 Å². The third-order valence-corrected chi connectivity index (χ3v) is 4.03. The maximum Gasteiger partial charge on any atom is 0.124 e. The molecule has 3 heteroatoms. The third-order valence-electron chi connectivity index (χ3n) is 3.54. The lowest BCUT2D eigenvalue weighted by Gasteiger charge is -2.18. The van der Waals surface area contributed by atoms with Crippen molar-refractivity contribution >= 4 is 15.9 Å². The molecule has 0 aliphatic carbocycles. The van der Waals surface area contributed by atoms with Gasteiger partial charge < -0.3 is 9.84 Å². The van der Waals surface area contributed by atoms with Crippen LogP contribution < -0.4 is 4.74 Å². The van der Waals surface area contributed by atoms with Crippen LogP contribution in [0.2, 0.25) is 0 Å². The van der Waals surface area contributed by atoms with Gasteiger partial charge in [-0.2, -0.15) is 0 Å². The molecule has 0 fully saturated rings. The van der Waals surface area contributed by atoms with E-state index in [1.807, 2.05) is 51.1 Å². The van der Waals surface area contributed by atoms with Crippen LogP contribution in [0.1, 0.15) is 33.9 Å². The molecule has 0 aromatic heterocycles. The molecule has 1 atom stereocenters. The molecule has 1 unspecified atom stereocenters. The van der Waals surface area contributed by atoms with E-state index in [9.17, 15) is 5.11 Å². The number of aryl methyl sites for hydroxylation is 3. The van der Waals surface area contributed by atoms with Crippen molar-refractivity contribution in [3.63, 3.8) is 0 Å². The Labute approximate surface area is 128 Å². The Morgan fingerprint density at radius 3 is 2.15 bits per heavy atom. The van der Waals surface area contributed by atoms with Crippen LogP contribution in [0.5, 0.6) is 5.75 Å². The van der Waals surface area contributed by atoms with Gasteiger partial charge in [-0.25, -0.2) is 0 Å². The van der Waals surface area contributed by atoms with Crippen molar-refractivity contribution in [2.45, 2.75) is 26.9 Å². The van der Waals surface area contributed by atoms with Gasteiger partial charge in [0.05, 0.1) is 7.11 Å². The SMILES string of the molecule is COc1c(C)cc(C(O)c2cc(Br)ccc2C)cc1C. The van der Waals surface area contributed by atoms with Gasteiger partial charge in [-0.15, -0.1) is 0 Å². The molecular formula is C17H19BrO2. The molecule has 1 N–H and O–H groups in total. The summed E-state index contributed by atoms with van der Waals surface area (Å²) in [6.07, 6.45) is -0.629. The zero-order chi connectivity index (χ0) is 14.9. The Morgan fingerprint density at radius 1 is 1.00 bits per heavy atom. The minimum absolute atomic E-state index is 0.629. The van der Waals surface area contributed by atoms with Crippen LogP contribution in [0.4, 0.5) is 0 Å². The van der Waals surface area contributed by atoms with Crippen molar-refractivity contribution in [2.75, 3.05) is 7.11 Å². The standard InChI is InChI=1S/C17H19BrO2/c1-10-5-6-14(18)9-15(10)16(19)13-7-11(2)17(20-4)12(3)8-13/h5-9,16,19H,1-4H3. The highest BCUT2D eigenvalue weighted by Crippen LogP contribution is 2.32. The minimum Gasteiger partial charge on any atom is -0.496 e. The summed E-state index contributed by atoms with van der Waals surface area (Å²) in [5, 5.41) is 10.6. The topological polar surface area (TPSA) is 29.5 Å². The number of methoxy groups -OCH3 is 1. The van der Waals surface area contributed by atoms with Crippen molar-refractivity contribution in [3.05, 3.63) is 62.6 Å². The van der Waals surface area contributed by atoms with Gasteiger partial charge in [0.1, 0.15) is 11.9 Å². The van der Waals surface area contributed by atoms with Crippen LogP contribution in [-0.2, 0) is 0 Å². The van der Waals surface area contributed by atoms with Crippen molar-refractivity contribution < 1.29 is 9.84 Å². The van der Waals surface area contributed by atoms with Crippen LogP contribution in [0.15, 0.2) is 34.8 Å². The van der Waals surface area contributed by atoms with E-state index in [0.717, 1.165) is 38.0 Å². The van der Waals surface area contributed by atoms with Crippen LogP contribution in [0.3, 0.4) is 0 Å². The van der Waals surface area contributed by atoms with Gasteiger partial charge in [0.15, 0.2) is 0 Å². The van der Waals surface area contributed by atoms with E-state index >= 15 is 0 Å². The largest absolute Gasteiger partial charge is 0.496 e. The number of aliphatic hydroxyl groups excluding tert-OH is 1. The van der Waals surface area contributed by atoms with E-state index < -0.39 is 6.10 Å². The summed E-state index contributed by atoms with van der Waals surface area (Å²) in [4.78, 5) is 0. The summed E-state index contributed by atoms with van der Waals surface area (Å²) >= 11 is 3.46. The van der Waals surface area contributed by atoms with Gasteiger partial charge in [0.2, 0.25) is 0 Å². The first-order chi connectivity index (χ1) is 9.43. The fraction of sp³-hybridized carbons (Fsp3) is 0.294. The molecule has 20 heavy (non-hydrogen) atoms. The monoisotopic (exact) mass is 334 g/mol. The molecule has 0 spiro atoms.